The lowest BCUT2D eigenvalue weighted by Gasteiger charge is -2.33. The largest absolute Gasteiger partial charge is 0.438 e. The van der Waals surface area contributed by atoms with Gasteiger partial charge in [-0.1, -0.05) is 12.1 Å². The van der Waals surface area contributed by atoms with Crippen molar-refractivity contribution in [1.29, 1.82) is 0 Å². The number of nitrogens with zero attached hydrogens (tertiary/aromatic N) is 2. The van der Waals surface area contributed by atoms with E-state index in [1.807, 2.05) is 35.2 Å². The van der Waals surface area contributed by atoms with Crippen LogP contribution >= 0.6 is 0 Å². The molecule has 1 amide bonds. The van der Waals surface area contributed by atoms with Crippen molar-refractivity contribution >= 4 is 17.0 Å². The van der Waals surface area contributed by atoms with Crippen molar-refractivity contribution in [2.45, 2.75) is 44.1 Å². The van der Waals surface area contributed by atoms with Gasteiger partial charge in [0.2, 0.25) is 11.4 Å². The van der Waals surface area contributed by atoms with E-state index in [4.69, 9.17) is 4.42 Å². The monoisotopic (exact) mass is 363 g/mol. The summed E-state index contributed by atoms with van der Waals surface area (Å²) in [7, 11) is 0. The second kappa shape index (κ2) is 6.37. The molecule has 5 rings (SSSR count). The Morgan fingerprint density at radius 2 is 2.00 bits per heavy atom. The van der Waals surface area contributed by atoms with Gasteiger partial charge < -0.3 is 14.3 Å². The zero-order valence-electron chi connectivity index (χ0n) is 15.0. The highest BCUT2D eigenvalue weighted by Gasteiger charge is 2.33. The van der Waals surface area contributed by atoms with Crippen LogP contribution < -0.4 is 5.56 Å². The van der Waals surface area contributed by atoms with Gasteiger partial charge in [-0.15, -0.1) is 0 Å². The number of para-hydroxylation sites is 2. The first-order valence-electron chi connectivity index (χ1n) is 9.60. The Bertz CT molecular complexity index is 1030. The third kappa shape index (κ3) is 3.05. The maximum atomic E-state index is 13.2. The van der Waals surface area contributed by atoms with Crippen molar-refractivity contribution in [3.05, 3.63) is 63.9 Å². The molecule has 1 atom stereocenters. The molecule has 1 saturated carbocycles. The number of nitrogens with one attached hydrogen (secondary N) is 1. The molecule has 1 aromatic carbocycles. The molecule has 3 heterocycles. The lowest BCUT2D eigenvalue weighted by molar-refractivity contribution is 0.0574. The standard InChI is InChI=1S/C21H21N3O3/c25-19-12-14(11-16(22-19)13-8-9-13)21(26)24-10-4-3-6-17(24)20-23-15-5-1-2-7-18(15)27-20/h1-2,5,7,11-13,17H,3-4,6,8-10H2,(H,22,25). The summed E-state index contributed by atoms with van der Waals surface area (Å²) < 4.78 is 5.95. The first-order valence-corrected chi connectivity index (χ1v) is 9.60. The topological polar surface area (TPSA) is 79.2 Å². The molecule has 0 radical (unpaired) electrons. The molecule has 27 heavy (non-hydrogen) atoms. The number of likely N-dealkylation sites (tertiary alicyclic amines) is 1. The molecule has 1 N–H and O–H groups in total. The third-order valence-electron chi connectivity index (χ3n) is 5.49. The predicted molar refractivity (Wildman–Crippen MR) is 101 cm³/mol. The summed E-state index contributed by atoms with van der Waals surface area (Å²) in [5.41, 5.74) is 2.67. The number of amides is 1. The van der Waals surface area contributed by atoms with Crippen LogP contribution in [-0.4, -0.2) is 27.3 Å². The Balaban J connectivity index is 1.50. The first-order chi connectivity index (χ1) is 13.2. The number of benzene rings is 1. The number of oxazole rings is 1. The Hall–Kier alpha value is -2.89. The SMILES string of the molecule is O=C(c1cc(C2CC2)[nH]c(=O)c1)N1CCCCC1c1nc2ccccc2o1. The second-order valence-corrected chi connectivity index (χ2v) is 7.49. The number of carbonyl (C=O) groups is 1. The lowest BCUT2D eigenvalue weighted by atomic mass is 10.0. The molecule has 0 spiro atoms. The van der Waals surface area contributed by atoms with Gasteiger partial charge in [0.05, 0.1) is 0 Å². The predicted octanol–water partition coefficient (Wildman–Crippen LogP) is 3.76. The summed E-state index contributed by atoms with van der Waals surface area (Å²) in [5, 5.41) is 0. The van der Waals surface area contributed by atoms with Crippen LogP contribution in [0.15, 0.2) is 45.6 Å². The first kappa shape index (κ1) is 16.3. The minimum Gasteiger partial charge on any atom is -0.438 e. The van der Waals surface area contributed by atoms with E-state index in [-0.39, 0.29) is 17.5 Å². The van der Waals surface area contributed by atoms with Crippen LogP contribution in [0.5, 0.6) is 0 Å². The Kier molecular flexibility index (Phi) is 3.85. The zero-order valence-corrected chi connectivity index (χ0v) is 15.0. The summed E-state index contributed by atoms with van der Waals surface area (Å²) in [6.45, 7) is 0.647. The van der Waals surface area contributed by atoms with E-state index in [2.05, 4.69) is 9.97 Å². The molecule has 1 aliphatic heterocycles. The smallest absolute Gasteiger partial charge is 0.254 e. The fourth-order valence-corrected chi connectivity index (χ4v) is 3.93. The van der Waals surface area contributed by atoms with Gasteiger partial charge in [-0.05, 0) is 56.2 Å². The summed E-state index contributed by atoms with van der Waals surface area (Å²) >= 11 is 0. The van der Waals surface area contributed by atoms with Crippen molar-refractivity contribution in [2.24, 2.45) is 0 Å². The summed E-state index contributed by atoms with van der Waals surface area (Å²) in [4.78, 5) is 34.6. The molecule has 0 bridgehead atoms. The molecule has 6 nitrogen and oxygen atoms in total. The zero-order chi connectivity index (χ0) is 18.4. The number of hydrogen-bond donors (Lipinski definition) is 1. The van der Waals surface area contributed by atoms with Crippen molar-refractivity contribution < 1.29 is 9.21 Å². The summed E-state index contributed by atoms with van der Waals surface area (Å²) in [6.07, 6.45) is 4.93. The van der Waals surface area contributed by atoms with Gasteiger partial charge in [0.25, 0.3) is 5.91 Å². The van der Waals surface area contributed by atoms with Crippen LogP contribution in [0.4, 0.5) is 0 Å². The molecule has 6 heteroatoms. The minimum atomic E-state index is -0.210. The van der Waals surface area contributed by atoms with Crippen molar-refractivity contribution in [1.82, 2.24) is 14.9 Å². The van der Waals surface area contributed by atoms with Gasteiger partial charge in [0, 0.05) is 23.9 Å². The Morgan fingerprint density at radius 3 is 2.81 bits per heavy atom. The maximum Gasteiger partial charge on any atom is 0.254 e. The molecule has 2 fully saturated rings. The normalized spacial score (nSPS) is 20.1. The lowest BCUT2D eigenvalue weighted by Crippen LogP contribution is -2.39. The molecule has 2 aromatic heterocycles. The minimum absolute atomic E-state index is 0.116. The van der Waals surface area contributed by atoms with Crippen molar-refractivity contribution in [3.8, 4) is 0 Å². The highest BCUT2D eigenvalue weighted by atomic mass is 16.3. The van der Waals surface area contributed by atoms with E-state index >= 15 is 0 Å². The van der Waals surface area contributed by atoms with E-state index in [9.17, 15) is 9.59 Å². The average molecular weight is 363 g/mol. The van der Waals surface area contributed by atoms with Gasteiger partial charge in [-0.2, -0.15) is 0 Å². The molecule has 2 aliphatic rings. The molecular weight excluding hydrogens is 342 g/mol. The molecular formula is C21H21N3O3. The summed E-state index contributed by atoms with van der Waals surface area (Å²) in [6, 6.07) is 10.7. The number of aromatic amines is 1. The third-order valence-corrected chi connectivity index (χ3v) is 5.49. The van der Waals surface area contributed by atoms with Gasteiger partial charge in [-0.3, -0.25) is 9.59 Å². The highest BCUT2D eigenvalue weighted by Crippen LogP contribution is 2.39. The van der Waals surface area contributed by atoms with Gasteiger partial charge in [0.1, 0.15) is 11.6 Å². The molecule has 1 unspecified atom stereocenters. The number of hydrogen-bond acceptors (Lipinski definition) is 4. The fraction of sp³-hybridized carbons (Fsp3) is 0.381. The molecule has 1 aliphatic carbocycles. The number of H-pyrrole nitrogens is 1. The maximum absolute atomic E-state index is 13.2. The highest BCUT2D eigenvalue weighted by molar-refractivity contribution is 5.94. The van der Waals surface area contributed by atoms with Crippen molar-refractivity contribution in [3.63, 3.8) is 0 Å². The molecule has 138 valence electrons. The Morgan fingerprint density at radius 1 is 1.15 bits per heavy atom. The number of rotatable bonds is 3. The number of fused-ring (bicyclic) bond motifs is 1. The van der Waals surface area contributed by atoms with E-state index < -0.39 is 0 Å². The number of piperidine rings is 1. The number of pyridine rings is 1. The van der Waals surface area contributed by atoms with Crippen LogP contribution in [0.25, 0.3) is 11.1 Å². The van der Waals surface area contributed by atoms with Crippen LogP contribution in [0.2, 0.25) is 0 Å². The van der Waals surface area contributed by atoms with Gasteiger partial charge in [0.15, 0.2) is 5.58 Å². The summed E-state index contributed by atoms with van der Waals surface area (Å²) in [5.74, 6) is 0.853. The average Bonchev–Trinajstić information content (AvgIpc) is 3.45. The number of aromatic nitrogens is 2. The van der Waals surface area contributed by atoms with Crippen LogP contribution in [0.1, 0.15) is 66.0 Å². The van der Waals surface area contributed by atoms with Gasteiger partial charge >= 0.3 is 0 Å². The van der Waals surface area contributed by atoms with E-state index in [1.54, 1.807) is 0 Å². The quantitative estimate of drug-likeness (QED) is 0.768. The van der Waals surface area contributed by atoms with E-state index in [1.165, 1.54) is 6.07 Å². The molecule has 1 saturated heterocycles. The van der Waals surface area contributed by atoms with Crippen molar-refractivity contribution in [2.75, 3.05) is 6.54 Å². The number of carbonyl (C=O) groups excluding carboxylic acids is 1. The molecule has 3 aromatic rings. The Labute approximate surface area is 156 Å². The van der Waals surface area contributed by atoms with Crippen LogP contribution in [0.3, 0.4) is 0 Å². The van der Waals surface area contributed by atoms with Crippen LogP contribution in [-0.2, 0) is 0 Å². The fourth-order valence-electron chi connectivity index (χ4n) is 3.93. The van der Waals surface area contributed by atoms with E-state index in [0.29, 0.717) is 23.9 Å². The van der Waals surface area contributed by atoms with E-state index in [0.717, 1.165) is 48.9 Å². The van der Waals surface area contributed by atoms with Gasteiger partial charge in [-0.25, -0.2) is 4.98 Å². The second-order valence-electron chi connectivity index (χ2n) is 7.49. The van der Waals surface area contributed by atoms with Crippen LogP contribution in [0, 0.1) is 0 Å².